The first-order chi connectivity index (χ1) is 16.8. The molecule has 0 N–H and O–H groups in total. The molecule has 0 bridgehead atoms. The van der Waals surface area contributed by atoms with E-state index in [1.807, 2.05) is 11.1 Å². The van der Waals surface area contributed by atoms with E-state index in [-0.39, 0.29) is 0 Å². The molecular weight excluding hydrogens is 408 g/mol. The van der Waals surface area contributed by atoms with Gasteiger partial charge >= 0.3 is 0 Å². The zero-order valence-corrected chi connectivity index (χ0v) is 24.8. The van der Waals surface area contributed by atoms with Crippen molar-refractivity contribution in [3.63, 3.8) is 0 Å². The number of hydrogen-bond donors (Lipinski definition) is 0. The van der Waals surface area contributed by atoms with Gasteiger partial charge in [-0.15, -0.1) is 0 Å². The molecule has 204 valence electrons. The third-order valence-corrected chi connectivity index (χ3v) is 7.83. The Hall–Kier alpha value is -0.260. The summed E-state index contributed by atoms with van der Waals surface area (Å²) in [6, 6.07) is 0. The van der Waals surface area contributed by atoms with Crippen molar-refractivity contribution in [3.8, 4) is 0 Å². The lowest BCUT2D eigenvalue weighted by atomic mass is 9.89. The Morgan fingerprint density at radius 1 is 0.235 bits per heavy atom. The van der Waals surface area contributed by atoms with Gasteiger partial charge in [0, 0.05) is 0 Å². The Labute approximate surface area is 218 Å². The van der Waals surface area contributed by atoms with Crippen molar-refractivity contribution in [2.24, 2.45) is 0 Å². The molecule has 0 heteroatoms. The minimum absolute atomic E-state index is 1.36. The summed E-state index contributed by atoms with van der Waals surface area (Å²) >= 11 is 0. The zero-order valence-electron chi connectivity index (χ0n) is 24.8. The topological polar surface area (TPSA) is 0 Å². The van der Waals surface area contributed by atoms with E-state index >= 15 is 0 Å². The molecule has 0 unspecified atom stereocenters. The maximum atomic E-state index is 2.33. The molecule has 0 aromatic rings. The predicted octanol–water partition coefficient (Wildman–Crippen LogP) is 13.3. The van der Waals surface area contributed by atoms with E-state index in [0.29, 0.717) is 0 Å². The van der Waals surface area contributed by atoms with Crippen LogP contribution in [0.1, 0.15) is 207 Å². The van der Waals surface area contributed by atoms with Gasteiger partial charge in [-0.25, -0.2) is 0 Å². The predicted molar refractivity (Wildman–Crippen MR) is 159 cm³/mol. The smallest absolute Gasteiger partial charge is 0.0318 e. The zero-order chi connectivity index (χ0) is 25.0. The van der Waals surface area contributed by atoms with Crippen LogP contribution < -0.4 is 0 Å². The second-order valence-corrected chi connectivity index (χ2v) is 11.3. The standard InChI is InChI=1S/C34H68/c1-5-9-13-17-21-25-29-33(30-26-22-18-14-10-6-2)34(31-27-23-19-15-11-7-3)32-28-24-20-16-12-8-4/h5-32H2,1-4H3. The van der Waals surface area contributed by atoms with Gasteiger partial charge in [0.2, 0.25) is 0 Å². The fourth-order valence-corrected chi connectivity index (χ4v) is 5.43. The van der Waals surface area contributed by atoms with Crippen LogP contribution in [0.2, 0.25) is 0 Å². The van der Waals surface area contributed by atoms with Gasteiger partial charge in [-0.1, -0.05) is 167 Å². The Balaban J connectivity index is 4.85. The molecule has 0 aliphatic rings. The van der Waals surface area contributed by atoms with Crippen LogP contribution in [0.4, 0.5) is 0 Å². The molecule has 0 aromatic heterocycles. The maximum absolute atomic E-state index is 2.33. The summed E-state index contributed by atoms with van der Waals surface area (Å²) in [5.74, 6) is 0. The summed E-state index contributed by atoms with van der Waals surface area (Å²) in [7, 11) is 0. The summed E-state index contributed by atoms with van der Waals surface area (Å²) in [5, 5.41) is 0. The third kappa shape index (κ3) is 23.5. The van der Waals surface area contributed by atoms with Crippen LogP contribution in [0.3, 0.4) is 0 Å². The highest BCUT2D eigenvalue weighted by atomic mass is 14.1. The first kappa shape index (κ1) is 33.7. The second kappa shape index (κ2) is 29.0. The van der Waals surface area contributed by atoms with Gasteiger partial charge in [-0.05, 0) is 51.4 Å². The highest BCUT2D eigenvalue weighted by molar-refractivity contribution is 5.15. The molecule has 0 rings (SSSR count). The van der Waals surface area contributed by atoms with Gasteiger partial charge in [0.15, 0.2) is 0 Å². The summed E-state index contributed by atoms with van der Waals surface area (Å²) < 4.78 is 0. The van der Waals surface area contributed by atoms with Crippen molar-refractivity contribution >= 4 is 0 Å². The van der Waals surface area contributed by atoms with Gasteiger partial charge in [0.05, 0.1) is 0 Å². The van der Waals surface area contributed by atoms with E-state index in [1.165, 1.54) is 180 Å². The first-order valence-corrected chi connectivity index (χ1v) is 16.5. The summed E-state index contributed by atoms with van der Waals surface area (Å²) in [4.78, 5) is 0. The largest absolute Gasteiger partial charge is 0.0710 e. The lowest BCUT2D eigenvalue weighted by Gasteiger charge is -2.17. The van der Waals surface area contributed by atoms with Crippen LogP contribution in [0, 0.1) is 0 Å². The van der Waals surface area contributed by atoms with Crippen LogP contribution >= 0.6 is 0 Å². The molecule has 0 saturated heterocycles. The fourth-order valence-electron chi connectivity index (χ4n) is 5.43. The van der Waals surface area contributed by atoms with Crippen LogP contribution in [0.5, 0.6) is 0 Å². The monoisotopic (exact) mass is 477 g/mol. The lowest BCUT2D eigenvalue weighted by Crippen LogP contribution is -1.97. The highest BCUT2D eigenvalue weighted by Gasteiger charge is 2.09. The normalized spacial score (nSPS) is 11.3. The SMILES string of the molecule is CCCCCCCCC(CCCCCCCC)=C(CCCCCCCC)CCCCCCCC. The Kier molecular flexibility index (Phi) is 28.8. The molecule has 34 heavy (non-hydrogen) atoms. The van der Waals surface area contributed by atoms with E-state index in [1.54, 1.807) is 0 Å². The average Bonchev–Trinajstić information content (AvgIpc) is 2.85. The van der Waals surface area contributed by atoms with E-state index in [9.17, 15) is 0 Å². The van der Waals surface area contributed by atoms with Gasteiger partial charge in [-0.3, -0.25) is 0 Å². The maximum Gasteiger partial charge on any atom is -0.0318 e. The molecule has 0 saturated carbocycles. The highest BCUT2D eigenvalue weighted by Crippen LogP contribution is 2.29. The van der Waals surface area contributed by atoms with E-state index in [0.717, 1.165) is 0 Å². The van der Waals surface area contributed by atoms with Crippen molar-refractivity contribution in [1.29, 1.82) is 0 Å². The van der Waals surface area contributed by atoms with Crippen molar-refractivity contribution < 1.29 is 0 Å². The van der Waals surface area contributed by atoms with Crippen molar-refractivity contribution in [2.45, 2.75) is 207 Å². The van der Waals surface area contributed by atoms with Crippen LogP contribution in [0.15, 0.2) is 11.1 Å². The first-order valence-electron chi connectivity index (χ1n) is 16.5. The van der Waals surface area contributed by atoms with Crippen LogP contribution in [-0.2, 0) is 0 Å². The minimum atomic E-state index is 1.36. The Bertz CT molecular complexity index is 330. The summed E-state index contributed by atoms with van der Waals surface area (Å²) in [5.41, 5.74) is 3.85. The van der Waals surface area contributed by atoms with E-state index in [4.69, 9.17) is 0 Å². The molecule has 0 atom stereocenters. The van der Waals surface area contributed by atoms with Gasteiger partial charge < -0.3 is 0 Å². The van der Waals surface area contributed by atoms with E-state index in [2.05, 4.69) is 27.7 Å². The van der Waals surface area contributed by atoms with Gasteiger partial charge in [0.1, 0.15) is 0 Å². The molecule has 0 fully saturated rings. The number of allylic oxidation sites excluding steroid dienone is 2. The molecule has 0 radical (unpaired) electrons. The summed E-state index contributed by atoms with van der Waals surface area (Å²) in [6.07, 6.45) is 40.2. The second-order valence-electron chi connectivity index (χ2n) is 11.3. The number of unbranched alkanes of at least 4 members (excludes halogenated alkanes) is 20. The van der Waals surface area contributed by atoms with Crippen molar-refractivity contribution in [2.75, 3.05) is 0 Å². The minimum Gasteiger partial charge on any atom is -0.0710 e. The number of rotatable bonds is 28. The van der Waals surface area contributed by atoms with Crippen LogP contribution in [-0.4, -0.2) is 0 Å². The number of hydrogen-bond acceptors (Lipinski definition) is 0. The van der Waals surface area contributed by atoms with Crippen molar-refractivity contribution in [1.82, 2.24) is 0 Å². The van der Waals surface area contributed by atoms with Gasteiger partial charge in [-0.2, -0.15) is 0 Å². The molecule has 0 aromatic carbocycles. The molecule has 0 aliphatic carbocycles. The average molecular weight is 477 g/mol. The van der Waals surface area contributed by atoms with E-state index < -0.39 is 0 Å². The molecule has 0 heterocycles. The Morgan fingerprint density at radius 2 is 0.412 bits per heavy atom. The molecular formula is C34H68. The van der Waals surface area contributed by atoms with Crippen LogP contribution in [0.25, 0.3) is 0 Å². The quantitative estimate of drug-likeness (QED) is 0.0777. The fraction of sp³-hybridized carbons (Fsp3) is 0.941. The summed E-state index contributed by atoms with van der Waals surface area (Å²) in [6.45, 7) is 9.33. The van der Waals surface area contributed by atoms with Gasteiger partial charge in [0.25, 0.3) is 0 Å². The molecule has 0 aliphatic heterocycles. The van der Waals surface area contributed by atoms with Crippen molar-refractivity contribution in [3.05, 3.63) is 11.1 Å². The Morgan fingerprint density at radius 3 is 0.618 bits per heavy atom. The molecule has 0 spiro atoms. The molecule has 0 amide bonds. The third-order valence-electron chi connectivity index (χ3n) is 7.83. The molecule has 0 nitrogen and oxygen atoms in total. The lowest BCUT2D eigenvalue weighted by molar-refractivity contribution is 0.560.